The van der Waals surface area contributed by atoms with Gasteiger partial charge >= 0.3 is 0 Å². The summed E-state index contributed by atoms with van der Waals surface area (Å²) in [7, 11) is 0. The second-order valence-electron chi connectivity index (χ2n) is 7.79. The first kappa shape index (κ1) is 20.4. The Labute approximate surface area is 198 Å². The number of fused-ring (bicyclic) bond motifs is 2. The second kappa shape index (κ2) is 8.64. The van der Waals surface area contributed by atoms with Crippen molar-refractivity contribution < 1.29 is 14.2 Å². The maximum absolute atomic E-state index is 12.9. The van der Waals surface area contributed by atoms with Crippen molar-refractivity contribution >= 4 is 22.4 Å². The van der Waals surface area contributed by atoms with Crippen LogP contribution in [0.5, 0.6) is 17.2 Å². The van der Waals surface area contributed by atoms with Gasteiger partial charge in [-0.1, -0.05) is 65.9 Å². The van der Waals surface area contributed by atoms with Gasteiger partial charge in [0.15, 0.2) is 23.4 Å². The molecule has 34 heavy (non-hydrogen) atoms. The molecule has 1 aliphatic rings. The average Bonchev–Trinajstić information content (AvgIpc) is 3.43. The topological polar surface area (TPSA) is 75.0 Å². The van der Waals surface area contributed by atoms with Crippen LogP contribution in [-0.2, 0) is 6.61 Å². The Kier molecular flexibility index (Phi) is 5.20. The first-order valence-electron chi connectivity index (χ1n) is 10.8. The molecule has 3 aromatic carbocycles. The SMILES string of the molecule is O=c1/c(=C/c2ccc(OCc3ccccc3)cc2)sc2nc(C3COc4ccccc4O3)nn12. The molecule has 0 radical (unpaired) electrons. The number of hydrogen-bond donors (Lipinski definition) is 0. The lowest BCUT2D eigenvalue weighted by Gasteiger charge is -2.24. The van der Waals surface area contributed by atoms with E-state index in [1.807, 2.05) is 84.9 Å². The molecule has 0 amide bonds. The normalized spacial score (nSPS) is 15.5. The van der Waals surface area contributed by atoms with E-state index in [9.17, 15) is 4.79 Å². The molecule has 0 saturated carbocycles. The van der Waals surface area contributed by atoms with E-state index in [2.05, 4.69) is 10.1 Å². The Morgan fingerprint density at radius 2 is 1.76 bits per heavy atom. The molecule has 0 saturated heterocycles. The van der Waals surface area contributed by atoms with Gasteiger partial charge in [0.25, 0.3) is 5.56 Å². The molecule has 3 heterocycles. The Balaban J connectivity index is 1.20. The maximum atomic E-state index is 12.9. The Bertz CT molecular complexity index is 1560. The van der Waals surface area contributed by atoms with E-state index in [1.165, 1.54) is 15.9 Å². The minimum atomic E-state index is -0.461. The molecule has 1 unspecified atom stereocenters. The first-order valence-corrected chi connectivity index (χ1v) is 11.6. The number of rotatable bonds is 5. The van der Waals surface area contributed by atoms with Gasteiger partial charge in [-0.15, -0.1) is 5.10 Å². The smallest absolute Gasteiger partial charge is 0.291 e. The monoisotopic (exact) mass is 469 g/mol. The van der Waals surface area contributed by atoms with Gasteiger partial charge in [-0.05, 0) is 41.5 Å². The highest BCUT2D eigenvalue weighted by Crippen LogP contribution is 2.35. The summed E-state index contributed by atoms with van der Waals surface area (Å²) < 4.78 is 19.4. The molecular weight excluding hydrogens is 450 g/mol. The summed E-state index contributed by atoms with van der Waals surface area (Å²) in [5.74, 6) is 2.54. The van der Waals surface area contributed by atoms with Crippen molar-refractivity contribution in [1.29, 1.82) is 0 Å². The summed E-state index contributed by atoms with van der Waals surface area (Å²) in [6, 6.07) is 25.1. The van der Waals surface area contributed by atoms with Gasteiger partial charge in [0.2, 0.25) is 4.96 Å². The van der Waals surface area contributed by atoms with Crippen LogP contribution in [0.3, 0.4) is 0 Å². The van der Waals surface area contributed by atoms with Gasteiger partial charge < -0.3 is 14.2 Å². The van der Waals surface area contributed by atoms with Crippen LogP contribution in [0.15, 0.2) is 83.7 Å². The van der Waals surface area contributed by atoms with Crippen molar-refractivity contribution in [1.82, 2.24) is 14.6 Å². The zero-order valence-corrected chi connectivity index (χ0v) is 18.8. The van der Waals surface area contributed by atoms with E-state index in [0.717, 1.165) is 16.9 Å². The van der Waals surface area contributed by atoms with E-state index in [0.29, 0.717) is 40.0 Å². The van der Waals surface area contributed by atoms with Gasteiger partial charge in [0, 0.05) is 0 Å². The maximum Gasteiger partial charge on any atom is 0.291 e. The number of thiazole rings is 1. The fourth-order valence-electron chi connectivity index (χ4n) is 3.68. The molecular formula is C26H19N3O4S. The lowest BCUT2D eigenvalue weighted by molar-refractivity contribution is 0.0852. The number of ether oxygens (including phenoxy) is 3. The lowest BCUT2D eigenvalue weighted by atomic mass is 10.2. The third-order valence-electron chi connectivity index (χ3n) is 5.42. The van der Waals surface area contributed by atoms with Gasteiger partial charge in [0.05, 0.1) is 4.53 Å². The highest BCUT2D eigenvalue weighted by Gasteiger charge is 2.27. The summed E-state index contributed by atoms with van der Waals surface area (Å²) in [5, 5.41) is 4.40. The third-order valence-corrected chi connectivity index (χ3v) is 6.38. The molecule has 5 aromatic rings. The lowest BCUT2D eigenvalue weighted by Crippen LogP contribution is -2.26. The van der Waals surface area contributed by atoms with Crippen molar-refractivity contribution in [3.8, 4) is 17.2 Å². The van der Waals surface area contributed by atoms with Crippen molar-refractivity contribution in [3.05, 3.63) is 111 Å². The van der Waals surface area contributed by atoms with Gasteiger partial charge in [-0.3, -0.25) is 4.79 Å². The summed E-state index contributed by atoms with van der Waals surface area (Å²) in [5.41, 5.74) is 1.80. The van der Waals surface area contributed by atoms with Crippen molar-refractivity contribution in [3.63, 3.8) is 0 Å². The predicted molar refractivity (Wildman–Crippen MR) is 128 cm³/mol. The molecule has 0 aliphatic carbocycles. The Morgan fingerprint density at radius 1 is 1.00 bits per heavy atom. The molecule has 7 nitrogen and oxygen atoms in total. The van der Waals surface area contributed by atoms with Crippen LogP contribution >= 0.6 is 11.3 Å². The highest BCUT2D eigenvalue weighted by molar-refractivity contribution is 7.15. The summed E-state index contributed by atoms with van der Waals surface area (Å²) in [6.07, 6.45) is 1.37. The number of nitrogens with zero attached hydrogens (tertiary/aromatic N) is 3. The highest BCUT2D eigenvalue weighted by atomic mass is 32.1. The first-order chi connectivity index (χ1) is 16.7. The summed E-state index contributed by atoms with van der Waals surface area (Å²) in [4.78, 5) is 17.9. The minimum Gasteiger partial charge on any atom is -0.489 e. The number of para-hydroxylation sites is 2. The summed E-state index contributed by atoms with van der Waals surface area (Å²) >= 11 is 1.29. The molecule has 8 heteroatoms. The van der Waals surface area contributed by atoms with E-state index in [4.69, 9.17) is 14.2 Å². The van der Waals surface area contributed by atoms with Crippen LogP contribution in [0.4, 0.5) is 0 Å². The molecule has 2 aromatic heterocycles. The molecule has 1 atom stereocenters. The Hall–Kier alpha value is -4.17. The van der Waals surface area contributed by atoms with Gasteiger partial charge in [0.1, 0.15) is 19.0 Å². The molecule has 0 N–H and O–H groups in total. The molecule has 6 rings (SSSR count). The average molecular weight is 470 g/mol. The van der Waals surface area contributed by atoms with Crippen LogP contribution in [-0.4, -0.2) is 21.2 Å². The molecule has 0 spiro atoms. The van der Waals surface area contributed by atoms with Crippen LogP contribution < -0.4 is 24.3 Å². The van der Waals surface area contributed by atoms with Crippen molar-refractivity contribution in [2.45, 2.75) is 12.7 Å². The van der Waals surface area contributed by atoms with E-state index < -0.39 is 6.10 Å². The second-order valence-corrected chi connectivity index (χ2v) is 8.80. The van der Waals surface area contributed by atoms with Crippen LogP contribution in [0.1, 0.15) is 23.1 Å². The molecule has 168 valence electrons. The minimum absolute atomic E-state index is 0.208. The van der Waals surface area contributed by atoms with Crippen LogP contribution in [0.25, 0.3) is 11.0 Å². The standard InChI is InChI=1S/C26H19N3O4S/c30-25-23(14-17-10-12-19(13-11-17)31-15-18-6-2-1-3-7-18)34-26-27-24(28-29(25)26)22-16-32-20-8-4-5-9-21(20)33-22/h1-14,22H,15-16H2/b23-14-. The largest absolute Gasteiger partial charge is 0.489 e. The fourth-order valence-corrected chi connectivity index (χ4v) is 4.60. The Morgan fingerprint density at radius 3 is 2.56 bits per heavy atom. The van der Waals surface area contributed by atoms with Gasteiger partial charge in [-0.25, -0.2) is 0 Å². The van der Waals surface area contributed by atoms with Crippen LogP contribution in [0, 0.1) is 0 Å². The summed E-state index contributed by atoms with van der Waals surface area (Å²) in [6.45, 7) is 0.798. The van der Waals surface area contributed by atoms with E-state index in [1.54, 1.807) is 0 Å². The molecule has 0 fully saturated rings. The number of aromatic nitrogens is 3. The zero-order valence-electron chi connectivity index (χ0n) is 18.0. The molecule has 0 bridgehead atoms. The van der Waals surface area contributed by atoms with Gasteiger partial charge in [-0.2, -0.15) is 9.50 Å². The van der Waals surface area contributed by atoms with E-state index >= 15 is 0 Å². The predicted octanol–water partition coefficient (Wildman–Crippen LogP) is 3.79. The quantitative estimate of drug-likeness (QED) is 0.390. The fraction of sp³-hybridized carbons (Fsp3) is 0.115. The zero-order chi connectivity index (χ0) is 22.9. The van der Waals surface area contributed by atoms with Crippen molar-refractivity contribution in [2.24, 2.45) is 0 Å². The van der Waals surface area contributed by atoms with Crippen molar-refractivity contribution in [2.75, 3.05) is 6.61 Å². The number of benzene rings is 3. The third kappa shape index (κ3) is 3.99. The van der Waals surface area contributed by atoms with E-state index in [-0.39, 0.29) is 5.56 Å². The molecule has 1 aliphatic heterocycles. The van der Waals surface area contributed by atoms with Crippen LogP contribution in [0.2, 0.25) is 0 Å². The number of hydrogen-bond acceptors (Lipinski definition) is 7.